The molecule has 1 fully saturated rings. The molecular formula is C16H17BrN2O5. The SMILES string of the molecule is CC[C@@H](C)Oc1ccc(/C=C2/NC(=O)N(CC(=O)O)C2=O)cc1Br. The van der Waals surface area contributed by atoms with Crippen LogP contribution in [-0.2, 0) is 9.59 Å². The van der Waals surface area contributed by atoms with Crippen LogP contribution in [-0.4, -0.2) is 40.6 Å². The van der Waals surface area contributed by atoms with Crippen LogP contribution in [0, 0.1) is 0 Å². The van der Waals surface area contributed by atoms with E-state index < -0.39 is 24.5 Å². The number of nitrogens with one attached hydrogen (secondary N) is 1. The van der Waals surface area contributed by atoms with Crippen LogP contribution in [0.15, 0.2) is 28.4 Å². The van der Waals surface area contributed by atoms with Gasteiger partial charge in [-0.15, -0.1) is 0 Å². The van der Waals surface area contributed by atoms with E-state index >= 15 is 0 Å². The molecule has 0 radical (unpaired) electrons. The lowest BCUT2D eigenvalue weighted by atomic mass is 10.2. The molecule has 8 heteroatoms. The average molecular weight is 397 g/mol. The minimum atomic E-state index is -1.26. The lowest BCUT2D eigenvalue weighted by Gasteiger charge is -2.14. The molecule has 1 atom stereocenters. The Morgan fingerprint density at radius 1 is 1.46 bits per heavy atom. The number of carboxylic acids is 1. The van der Waals surface area contributed by atoms with Crippen LogP contribution in [0.2, 0.25) is 0 Å². The number of benzene rings is 1. The molecular weight excluding hydrogens is 380 g/mol. The first kappa shape index (κ1) is 18.0. The molecule has 7 nitrogen and oxygen atoms in total. The fourth-order valence-corrected chi connectivity index (χ4v) is 2.51. The summed E-state index contributed by atoms with van der Waals surface area (Å²) in [6.45, 7) is 3.31. The largest absolute Gasteiger partial charge is 0.490 e. The van der Waals surface area contributed by atoms with Crippen LogP contribution in [0.1, 0.15) is 25.8 Å². The number of rotatable bonds is 6. The molecule has 0 bridgehead atoms. The van der Waals surface area contributed by atoms with E-state index in [9.17, 15) is 14.4 Å². The highest BCUT2D eigenvalue weighted by molar-refractivity contribution is 9.10. The first-order valence-corrected chi connectivity index (χ1v) is 8.13. The molecule has 1 saturated heterocycles. The standard InChI is InChI=1S/C16H17BrN2O5/c1-3-9(2)24-13-5-4-10(6-11(13)17)7-12-15(22)19(8-14(20)21)16(23)18-12/h4-7,9H,3,8H2,1-2H3,(H,18,23)(H,20,21)/b12-7+/t9-/m1/s1. The summed E-state index contributed by atoms with van der Waals surface area (Å²) in [5.41, 5.74) is 0.697. The van der Waals surface area contributed by atoms with Gasteiger partial charge in [0.2, 0.25) is 0 Å². The van der Waals surface area contributed by atoms with Crippen molar-refractivity contribution in [1.29, 1.82) is 0 Å². The Labute approximate surface area is 147 Å². The zero-order valence-electron chi connectivity index (χ0n) is 13.2. The third kappa shape index (κ3) is 4.14. The summed E-state index contributed by atoms with van der Waals surface area (Å²) in [7, 11) is 0. The number of carboxylic acid groups (broad SMARTS) is 1. The van der Waals surface area contributed by atoms with Gasteiger partial charge in [0.15, 0.2) is 0 Å². The number of nitrogens with zero attached hydrogens (tertiary/aromatic N) is 1. The van der Waals surface area contributed by atoms with Gasteiger partial charge in [-0.3, -0.25) is 9.59 Å². The van der Waals surface area contributed by atoms with Gasteiger partial charge in [0.25, 0.3) is 5.91 Å². The highest BCUT2D eigenvalue weighted by Gasteiger charge is 2.34. The van der Waals surface area contributed by atoms with Crippen LogP contribution >= 0.6 is 15.9 Å². The van der Waals surface area contributed by atoms with Crippen molar-refractivity contribution in [1.82, 2.24) is 10.2 Å². The second-order valence-corrected chi connectivity index (χ2v) is 6.15. The first-order valence-electron chi connectivity index (χ1n) is 7.34. The summed E-state index contributed by atoms with van der Waals surface area (Å²) in [6, 6.07) is 4.52. The Morgan fingerprint density at radius 2 is 2.17 bits per heavy atom. The molecule has 1 aliphatic heterocycles. The number of urea groups is 1. The number of imide groups is 1. The molecule has 3 amide bonds. The van der Waals surface area contributed by atoms with E-state index in [1.165, 1.54) is 6.08 Å². The van der Waals surface area contributed by atoms with Crippen molar-refractivity contribution in [2.75, 3.05) is 6.54 Å². The fourth-order valence-electron chi connectivity index (χ4n) is 2.02. The number of amides is 3. The van der Waals surface area contributed by atoms with Gasteiger partial charge in [-0.2, -0.15) is 0 Å². The second kappa shape index (κ2) is 7.48. The van der Waals surface area contributed by atoms with E-state index in [1.807, 2.05) is 13.8 Å². The lowest BCUT2D eigenvalue weighted by molar-refractivity contribution is -0.140. The normalized spacial score (nSPS) is 17.1. The van der Waals surface area contributed by atoms with Gasteiger partial charge < -0.3 is 15.2 Å². The minimum Gasteiger partial charge on any atom is -0.490 e. The molecule has 0 unspecified atom stereocenters. The summed E-state index contributed by atoms with van der Waals surface area (Å²) in [5.74, 6) is -1.24. The van der Waals surface area contributed by atoms with Gasteiger partial charge in [0.05, 0.1) is 10.6 Å². The molecule has 2 N–H and O–H groups in total. The second-order valence-electron chi connectivity index (χ2n) is 5.30. The highest BCUT2D eigenvalue weighted by Crippen LogP contribution is 2.28. The van der Waals surface area contributed by atoms with Gasteiger partial charge in [-0.1, -0.05) is 13.0 Å². The Hall–Kier alpha value is -2.35. The summed E-state index contributed by atoms with van der Waals surface area (Å²) >= 11 is 3.41. The van der Waals surface area contributed by atoms with E-state index in [4.69, 9.17) is 9.84 Å². The third-order valence-electron chi connectivity index (χ3n) is 3.43. The maximum Gasteiger partial charge on any atom is 0.329 e. The number of aliphatic carboxylic acids is 1. The molecule has 0 spiro atoms. The Bertz CT molecular complexity index is 716. The van der Waals surface area contributed by atoms with Gasteiger partial charge in [-0.05, 0) is 53.0 Å². The van der Waals surface area contributed by atoms with E-state index in [2.05, 4.69) is 21.2 Å². The maximum absolute atomic E-state index is 12.1. The van der Waals surface area contributed by atoms with Gasteiger partial charge in [0, 0.05) is 0 Å². The predicted molar refractivity (Wildman–Crippen MR) is 90.4 cm³/mol. The smallest absolute Gasteiger partial charge is 0.329 e. The molecule has 1 aromatic rings. The summed E-state index contributed by atoms with van der Waals surface area (Å²) in [5, 5.41) is 11.1. The fraction of sp³-hybridized carbons (Fsp3) is 0.312. The van der Waals surface area contributed by atoms with Crippen molar-refractivity contribution in [2.24, 2.45) is 0 Å². The van der Waals surface area contributed by atoms with Crippen molar-refractivity contribution in [3.05, 3.63) is 33.9 Å². The molecule has 0 aromatic heterocycles. The van der Waals surface area contributed by atoms with Crippen LogP contribution in [0.25, 0.3) is 6.08 Å². The average Bonchev–Trinajstić information content (AvgIpc) is 2.77. The first-order chi connectivity index (χ1) is 11.3. The molecule has 0 aliphatic carbocycles. The highest BCUT2D eigenvalue weighted by atomic mass is 79.9. The van der Waals surface area contributed by atoms with Crippen molar-refractivity contribution < 1.29 is 24.2 Å². The molecule has 2 rings (SSSR count). The molecule has 1 aliphatic rings. The Kier molecular flexibility index (Phi) is 5.61. The molecule has 1 aromatic carbocycles. The predicted octanol–water partition coefficient (Wildman–Crippen LogP) is 2.60. The molecule has 128 valence electrons. The van der Waals surface area contributed by atoms with Crippen LogP contribution < -0.4 is 10.1 Å². The zero-order valence-corrected chi connectivity index (χ0v) is 14.8. The van der Waals surface area contributed by atoms with Crippen LogP contribution in [0.3, 0.4) is 0 Å². The van der Waals surface area contributed by atoms with E-state index in [-0.39, 0.29) is 11.8 Å². The quantitative estimate of drug-likeness (QED) is 0.568. The van der Waals surface area contributed by atoms with Gasteiger partial charge in [-0.25, -0.2) is 9.69 Å². The van der Waals surface area contributed by atoms with E-state index in [0.29, 0.717) is 16.2 Å². The summed E-state index contributed by atoms with van der Waals surface area (Å²) < 4.78 is 6.46. The van der Waals surface area contributed by atoms with E-state index in [1.54, 1.807) is 18.2 Å². The Balaban J connectivity index is 2.19. The van der Waals surface area contributed by atoms with Crippen LogP contribution in [0.4, 0.5) is 4.79 Å². The van der Waals surface area contributed by atoms with Crippen molar-refractivity contribution in [3.8, 4) is 5.75 Å². The van der Waals surface area contributed by atoms with Gasteiger partial charge in [0.1, 0.15) is 18.0 Å². The number of carbonyl (C=O) groups excluding carboxylic acids is 2. The number of carbonyl (C=O) groups is 3. The summed E-state index contributed by atoms with van der Waals surface area (Å²) in [4.78, 5) is 35.1. The number of halogens is 1. The zero-order chi connectivity index (χ0) is 17.9. The van der Waals surface area contributed by atoms with Crippen molar-refractivity contribution in [3.63, 3.8) is 0 Å². The monoisotopic (exact) mass is 396 g/mol. The number of hydrogen-bond donors (Lipinski definition) is 2. The van der Waals surface area contributed by atoms with Crippen molar-refractivity contribution >= 4 is 39.9 Å². The molecule has 24 heavy (non-hydrogen) atoms. The number of hydrogen-bond acceptors (Lipinski definition) is 4. The maximum atomic E-state index is 12.1. The van der Waals surface area contributed by atoms with Gasteiger partial charge >= 0.3 is 12.0 Å². The molecule has 1 heterocycles. The third-order valence-corrected chi connectivity index (χ3v) is 4.05. The van der Waals surface area contributed by atoms with Crippen molar-refractivity contribution in [2.45, 2.75) is 26.4 Å². The molecule has 0 saturated carbocycles. The Morgan fingerprint density at radius 3 is 2.75 bits per heavy atom. The minimum absolute atomic E-state index is 0.0312. The van der Waals surface area contributed by atoms with E-state index in [0.717, 1.165) is 10.9 Å². The van der Waals surface area contributed by atoms with Crippen LogP contribution in [0.5, 0.6) is 5.75 Å². The lowest BCUT2D eigenvalue weighted by Crippen LogP contribution is -2.35. The summed E-state index contributed by atoms with van der Waals surface area (Å²) in [6.07, 6.45) is 2.43. The number of ether oxygens (including phenoxy) is 1. The topological polar surface area (TPSA) is 95.9 Å².